The van der Waals surface area contributed by atoms with Gasteiger partial charge in [0.05, 0.1) is 12.5 Å². The van der Waals surface area contributed by atoms with Crippen LogP contribution in [0.3, 0.4) is 0 Å². The Hall–Kier alpha value is -12.9. The number of hydrogen-bond acceptors (Lipinski definition) is 21. The van der Waals surface area contributed by atoms with Crippen molar-refractivity contribution in [1.82, 2.24) is 74.4 Å². The van der Waals surface area contributed by atoms with Gasteiger partial charge >= 0.3 is 5.97 Å². The van der Waals surface area contributed by atoms with E-state index in [9.17, 15) is 82.8 Å². The maximum atomic E-state index is 14.9. The first-order valence-electron chi connectivity index (χ1n) is 38.9. The number of carboxylic acids is 1. The summed E-state index contributed by atoms with van der Waals surface area (Å²) < 4.78 is 0. The molecule has 12 atom stereocenters. The molecular formula is C78H117N23O17. The number of aromatic hydroxyl groups is 3. The minimum absolute atomic E-state index is 0.00869. The number of aliphatic carboxylic acids is 1. The van der Waals surface area contributed by atoms with Crippen LogP contribution in [0, 0.1) is 22.1 Å². The largest absolute Gasteiger partial charge is 0.508 e. The number of amides is 12. The maximum Gasteiger partial charge on any atom is 0.305 e. The molecule has 0 aliphatic rings. The van der Waals surface area contributed by atoms with E-state index < -0.39 is 162 Å². The Morgan fingerprint density at radius 1 is 0.364 bits per heavy atom. The van der Waals surface area contributed by atoms with Crippen molar-refractivity contribution in [3.8, 4) is 17.2 Å². The third-order valence-corrected chi connectivity index (χ3v) is 18.8. The van der Waals surface area contributed by atoms with Gasteiger partial charge in [0.25, 0.3) is 0 Å². The summed E-state index contributed by atoms with van der Waals surface area (Å²) in [5.41, 5.74) is 36.4. The molecule has 0 bridgehead atoms. The van der Waals surface area contributed by atoms with Crippen LogP contribution in [0.5, 0.6) is 17.2 Å². The van der Waals surface area contributed by atoms with Crippen molar-refractivity contribution in [3.05, 3.63) is 125 Å². The average Bonchev–Trinajstić information content (AvgIpc) is 0.852. The van der Waals surface area contributed by atoms with E-state index in [4.69, 9.17) is 50.6 Å². The van der Waals surface area contributed by atoms with Gasteiger partial charge in [0, 0.05) is 52.4 Å². The normalized spacial score (nSPS) is 14.0. The molecule has 0 aliphatic heterocycles. The summed E-state index contributed by atoms with van der Waals surface area (Å²) in [6.45, 7) is 4.87. The highest BCUT2D eigenvalue weighted by Crippen LogP contribution is 2.19. The highest BCUT2D eigenvalue weighted by molar-refractivity contribution is 5.99. The molecule has 4 aromatic carbocycles. The molecular weight excluding hydrogens is 1530 g/mol. The minimum Gasteiger partial charge on any atom is -0.508 e. The molecule has 40 nitrogen and oxygen atoms in total. The summed E-state index contributed by atoms with van der Waals surface area (Å²) >= 11 is 0. The fourth-order valence-corrected chi connectivity index (χ4v) is 12.2. The van der Waals surface area contributed by atoms with Gasteiger partial charge < -0.3 is 129 Å². The van der Waals surface area contributed by atoms with Crippen LogP contribution in [-0.4, -0.2) is 214 Å². The van der Waals surface area contributed by atoms with Gasteiger partial charge in [-0.1, -0.05) is 87.0 Å². The van der Waals surface area contributed by atoms with Crippen LogP contribution in [0.2, 0.25) is 0 Å². The molecule has 4 aromatic rings. The van der Waals surface area contributed by atoms with Crippen LogP contribution in [0.25, 0.3) is 0 Å². The third kappa shape index (κ3) is 37.6. The zero-order valence-electron chi connectivity index (χ0n) is 66.6. The van der Waals surface area contributed by atoms with Crippen molar-refractivity contribution in [2.45, 2.75) is 203 Å². The third-order valence-electron chi connectivity index (χ3n) is 18.8. The van der Waals surface area contributed by atoms with E-state index in [0.29, 0.717) is 28.7 Å². The standard InChI is InChI=1S/C78H117N23O17/c1-4-44(2)64(101-71(114)58(21-14-38-91-78(86)87)95-72(115)60(41-48-24-30-51(104)31-25-48)99-73(116)61(42-49-26-32-52(105)33-27-49)97-68(111)55(92-45(3)102)19-12-36-89-76(82)83)75(118)96-56(18-8-10-34-79)69(112)93-54(65(81)108)17-9-11-35-88-67(110)62(43-63(106)107)100-74(117)59(40-46-15-6-5-7-16-46)98-70(113)57(20-13-37-90-77(84)85)94-66(109)53(80)39-47-22-28-50(103)29-23-47/h5-7,15-16,22-33,44,53-62,64,103-105H,4,8-14,17-21,34-43,79-80H2,1-3H3,(H2,81,108)(H,88,110)(H,92,102)(H,93,112)(H,94,109)(H,95,115)(H,96,118)(H,97,111)(H,98,113)(H,99,116)(H,100,117)(H,101,114)(H,106,107)(H4,82,83,89)(H4,84,85,90)(H4,86,87,91)/t44-,53-,54-,55-,56-,57-,58-,59-,60-,61-,62-,64-/m0/s1. The second-order valence-electron chi connectivity index (χ2n) is 28.5. The van der Waals surface area contributed by atoms with E-state index in [-0.39, 0.29) is 165 Å². The van der Waals surface area contributed by atoms with Crippen molar-refractivity contribution in [2.24, 2.45) is 40.3 Å². The maximum absolute atomic E-state index is 14.9. The summed E-state index contributed by atoms with van der Waals surface area (Å²) in [6.07, 6.45) is -0.341. The summed E-state index contributed by atoms with van der Waals surface area (Å²) in [5, 5.41) is 99.5. The summed E-state index contributed by atoms with van der Waals surface area (Å²) in [5.74, 6) is -13.8. The monoisotopic (exact) mass is 1650 g/mol. The number of carbonyl (C=O) groups excluding carboxylic acids is 12. The van der Waals surface area contributed by atoms with E-state index in [0.717, 1.165) is 0 Å². The average molecular weight is 1650 g/mol. The van der Waals surface area contributed by atoms with Crippen LogP contribution in [0.15, 0.2) is 103 Å². The van der Waals surface area contributed by atoms with E-state index in [1.54, 1.807) is 56.3 Å². The Morgan fingerprint density at radius 3 is 1.08 bits per heavy atom. The molecule has 0 radical (unpaired) electrons. The number of hydrogen-bond donors (Lipinski definition) is 27. The van der Waals surface area contributed by atoms with Gasteiger partial charge in [0.15, 0.2) is 17.9 Å². The predicted octanol–water partition coefficient (Wildman–Crippen LogP) is -3.52. The molecule has 40 heteroatoms. The van der Waals surface area contributed by atoms with E-state index in [1.807, 2.05) is 0 Å². The highest BCUT2D eigenvalue weighted by Gasteiger charge is 2.37. The number of phenols is 3. The van der Waals surface area contributed by atoms with Crippen molar-refractivity contribution < 1.29 is 82.8 Å². The lowest BCUT2D eigenvalue weighted by Gasteiger charge is -2.30. The molecule has 0 aliphatic carbocycles. The molecule has 0 saturated carbocycles. The first-order chi connectivity index (χ1) is 56.0. The van der Waals surface area contributed by atoms with Crippen LogP contribution in [-0.2, 0) is 88.0 Å². The zero-order chi connectivity index (χ0) is 87.4. The first kappa shape index (κ1) is 97.5. The van der Waals surface area contributed by atoms with Crippen molar-refractivity contribution in [2.75, 3.05) is 32.7 Å². The van der Waals surface area contributed by atoms with E-state index in [2.05, 4.69) is 74.4 Å². The Labute approximate surface area is 683 Å². The van der Waals surface area contributed by atoms with Crippen LogP contribution in [0.4, 0.5) is 0 Å². The Balaban J connectivity index is 1.54. The van der Waals surface area contributed by atoms with Crippen LogP contribution < -0.4 is 109 Å². The molecule has 0 heterocycles. The van der Waals surface area contributed by atoms with Crippen molar-refractivity contribution in [3.63, 3.8) is 0 Å². The molecule has 33 N–H and O–H groups in total. The number of benzene rings is 4. The van der Waals surface area contributed by atoms with Gasteiger partial charge in [0.1, 0.15) is 77.7 Å². The number of rotatable bonds is 54. The van der Waals surface area contributed by atoms with Gasteiger partial charge in [-0.2, -0.15) is 0 Å². The van der Waals surface area contributed by atoms with Gasteiger partial charge in [-0.15, -0.1) is 0 Å². The quantitative estimate of drug-likeness (QED) is 0.0116. The van der Waals surface area contributed by atoms with Gasteiger partial charge in [-0.25, -0.2) is 0 Å². The second kappa shape index (κ2) is 51.9. The minimum atomic E-state index is -1.72. The fourth-order valence-electron chi connectivity index (χ4n) is 12.2. The number of carboxylic acid groups (broad SMARTS) is 1. The molecule has 118 heavy (non-hydrogen) atoms. The second-order valence-corrected chi connectivity index (χ2v) is 28.5. The first-order valence-corrected chi connectivity index (χ1v) is 38.9. The number of carbonyl (C=O) groups is 13. The van der Waals surface area contributed by atoms with Gasteiger partial charge in [-0.3, -0.25) is 78.6 Å². The molecule has 0 fully saturated rings. The Kier molecular flexibility index (Phi) is 42.8. The predicted molar refractivity (Wildman–Crippen MR) is 437 cm³/mol. The molecule has 0 aromatic heterocycles. The Morgan fingerprint density at radius 2 is 0.686 bits per heavy atom. The molecule has 0 saturated heterocycles. The fraction of sp³-hybridized carbons (Fsp3) is 0.487. The van der Waals surface area contributed by atoms with Crippen molar-refractivity contribution in [1.29, 1.82) is 16.2 Å². The zero-order valence-corrected chi connectivity index (χ0v) is 66.6. The highest BCUT2D eigenvalue weighted by atomic mass is 16.4. The van der Waals surface area contributed by atoms with E-state index >= 15 is 0 Å². The van der Waals surface area contributed by atoms with Crippen LogP contribution >= 0.6 is 0 Å². The number of unbranched alkanes of at least 4 members (excludes halogenated alkanes) is 2. The summed E-state index contributed by atoms with van der Waals surface area (Å²) in [4.78, 5) is 181. The van der Waals surface area contributed by atoms with E-state index in [1.165, 1.54) is 67.6 Å². The molecule has 12 amide bonds. The van der Waals surface area contributed by atoms with Gasteiger partial charge in [-0.05, 0) is 155 Å². The van der Waals surface area contributed by atoms with Crippen LogP contribution in [0.1, 0.15) is 133 Å². The molecule has 4 rings (SSSR count). The van der Waals surface area contributed by atoms with Gasteiger partial charge in [0.2, 0.25) is 70.9 Å². The SMILES string of the molecule is CC[C@H](C)[C@H](NC(=O)[C@H](CCCNC(=N)N)NC(=O)[C@H](Cc1ccc(O)cc1)NC(=O)[C@H](Cc1ccc(O)cc1)NC(=O)[C@H](CCCNC(=N)N)NC(C)=O)C(=O)N[C@@H](CCCCN)C(=O)N[C@@H](CCCCNC(=O)[C@H](CC(=O)O)NC(=O)[C@H](Cc1ccccc1)NC(=O)[C@H](CCCNC(=N)N)NC(=O)[C@@H](N)Cc1ccc(O)cc1)C(N)=O. The lowest BCUT2D eigenvalue weighted by atomic mass is 9.96. The number of nitrogens with one attached hydrogen (secondary N) is 17. The summed E-state index contributed by atoms with van der Waals surface area (Å²) in [6, 6.07) is 10.1. The lowest BCUT2D eigenvalue weighted by molar-refractivity contribution is -0.141. The smallest absolute Gasteiger partial charge is 0.305 e. The Bertz CT molecular complexity index is 4000. The number of primary amides is 1. The topological polar surface area (TPSA) is 699 Å². The summed E-state index contributed by atoms with van der Waals surface area (Å²) in [7, 11) is 0. The number of phenolic OH excluding ortho intramolecular Hbond substituents is 3. The molecule has 646 valence electrons. The van der Waals surface area contributed by atoms with Crippen molar-refractivity contribution >= 4 is 94.7 Å². The molecule has 0 unspecified atom stereocenters. The number of guanidine groups is 3. The lowest BCUT2D eigenvalue weighted by Crippen LogP contribution is -2.61. The molecule has 0 spiro atoms. The number of nitrogens with two attached hydrogens (primary N) is 6.